The van der Waals surface area contributed by atoms with Gasteiger partial charge in [-0.25, -0.2) is 0 Å². The minimum absolute atomic E-state index is 0.161. The second-order valence-electron chi connectivity index (χ2n) is 4.99. The average Bonchev–Trinajstić information content (AvgIpc) is 2.83. The number of hydrogen-bond acceptors (Lipinski definition) is 1. The minimum Gasteiger partial charge on any atom is -0.351 e. The number of H-pyrrole nitrogens is 1. The molecule has 1 aromatic carbocycles. The Kier molecular flexibility index (Phi) is 3.01. The number of rotatable bonds is 1. The molecule has 0 aliphatic carbocycles. The Hall–Kier alpha value is -1.49. The minimum atomic E-state index is -4.32. The van der Waals surface area contributed by atoms with Crippen LogP contribution in [0.1, 0.15) is 36.6 Å². The number of hydrogen-bond donors (Lipinski definition) is 2. The van der Waals surface area contributed by atoms with Crippen LogP contribution in [-0.4, -0.2) is 11.5 Å². The van der Waals surface area contributed by atoms with E-state index in [0.717, 1.165) is 31.4 Å². The monoisotopic (exact) mass is 268 g/mol. The Labute approximate surface area is 109 Å². The van der Waals surface area contributed by atoms with Crippen LogP contribution in [0.2, 0.25) is 0 Å². The molecule has 2 nitrogen and oxygen atoms in total. The van der Waals surface area contributed by atoms with Crippen molar-refractivity contribution in [3.63, 3.8) is 0 Å². The van der Waals surface area contributed by atoms with Crippen LogP contribution in [-0.2, 0) is 6.18 Å². The highest BCUT2D eigenvalue weighted by molar-refractivity contribution is 5.84. The molecule has 1 atom stereocenters. The zero-order valence-electron chi connectivity index (χ0n) is 10.3. The maximum Gasteiger partial charge on any atom is 0.431 e. The van der Waals surface area contributed by atoms with Gasteiger partial charge in [-0.1, -0.05) is 18.6 Å². The molecule has 1 aromatic heterocycles. The fourth-order valence-electron chi connectivity index (χ4n) is 2.75. The van der Waals surface area contributed by atoms with Gasteiger partial charge >= 0.3 is 6.18 Å². The molecule has 0 saturated carbocycles. The SMILES string of the molecule is FC(F)(F)c1cc2c(C3CCCCN3)cccc2[nH]1. The van der Waals surface area contributed by atoms with Gasteiger partial charge in [0.05, 0.1) is 0 Å². The van der Waals surface area contributed by atoms with Gasteiger partial charge < -0.3 is 10.3 Å². The number of alkyl halides is 3. The summed E-state index contributed by atoms with van der Waals surface area (Å²) in [4.78, 5) is 2.46. The molecular weight excluding hydrogens is 253 g/mol. The molecule has 3 rings (SSSR count). The Balaban J connectivity index is 2.07. The Morgan fingerprint density at radius 2 is 2.00 bits per heavy atom. The van der Waals surface area contributed by atoms with Gasteiger partial charge in [0.1, 0.15) is 5.69 Å². The van der Waals surface area contributed by atoms with E-state index in [1.807, 2.05) is 12.1 Å². The standard InChI is InChI=1S/C14H15F3N2/c15-14(16,17)13-8-10-9(4-3-6-12(10)19-13)11-5-1-2-7-18-11/h3-4,6,8,11,18-19H,1-2,5,7H2. The van der Waals surface area contributed by atoms with Crippen molar-refractivity contribution < 1.29 is 13.2 Å². The molecule has 19 heavy (non-hydrogen) atoms. The second-order valence-corrected chi connectivity index (χ2v) is 4.99. The number of benzene rings is 1. The number of aromatic nitrogens is 1. The third-order valence-corrected chi connectivity index (χ3v) is 3.69. The van der Waals surface area contributed by atoms with Crippen LogP contribution in [0.5, 0.6) is 0 Å². The molecule has 1 unspecified atom stereocenters. The molecule has 0 radical (unpaired) electrons. The van der Waals surface area contributed by atoms with Crippen LogP contribution < -0.4 is 5.32 Å². The summed E-state index contributed by atoms with van der Waals surface area (Å²) < 4.78 is 38.3. The summed E-state index contributed by atoms with van der Waals surface area (Å²) in [6, 6.07) is 6.80. The van der Waals surface area contributed by atoms with E-state index in [1.165, 1.54) is 6.07 Å². The first-order valence-electron chi connectivity index (χ1n) is 6.48. The average molecular weight is 268 g/mol. The van der Waals surface area contributed by atoms with Gasteiger partial charge in [0, 0.05) is 16.9 Å². The number of halogens is 3. The van der Waals surface area contributed by atoms with Crippen LogP contribution in [0, 0.1) is 0 Å². The second kappa shape index (κ2) is 4.56. The summed E-state index contributed by atoms with van der Waals surface area (Å²) >= 11 is 0. The van der Waals surface area contributed by atoms with Gasteiger partial charge in [-0.3, -0.25) is 0 Å². The maximum atomic E-state index is 12.8. The molecule has 2 heterocycles. The molecule has 5 heteroatoms. The van der Waals surface area contributed by atoms with Gasteiger partial charge in [-0.05, 0) is 37.1 Å². The molecule has 1 aliphatic rings. The lowest BCUT2D eigenvalue weighted by atomic mass is 9.95. The van der Waals surface area contributed by atoms with E-state index in [2.05, 4.69) is 10.3 Å². The zero-order chi connectivity index (χ0) is 13.5. The van der Waals surface area contributed by atoms with Crippen molar-refractivity contribution in [2.75, 3.05) is 6.54 Å². The lowest BCUT2D eigenvalue weighted by Gasteiger charge is -2.24. The quantitative estimate of drug-likeness (QED) is 0.803. The molecule has 2 aromatic rings. The first-order valence-corrected chi connectivity index (χ1v) is 6.48. The summed E-state index contributed by atoms with van der Waals surface area (Å²) in [7, 11) is 0. The number of piperidine rings is 1. The van der Waals surface area contributed by atoms with E-state index >= 15 is 0 Å². The van der Waals surface area contributed by atoms with Crippen LogP contribution >= 0.6 is 0 Å². The molecule has 1 fully saturated rings. The third kappa shape index (κ3) is 2.34. The predicted octanol–water partition coefficient (Wildman–Crippen LogP) is 4.00. The number of fused-ring (bicyclic) bond motifs is 1. The zero-order valence-corrected chi connectivity index (χ0v) is 10.3. The van der Waals surface area contributed by atoms with Crippen LogP contribution in [0.15, 0.2) is 24.3 Å². The summed E-state index contributed by atoms with van der Waals surface area (Å²) in [6.07, 6.45) is -1.10. The van der Waals surface area contributed by atoms with Gasteiger partial charge in [0.15, 0.2) is 0 Å². The first-order chi connectivity index (χ1) is 9.05. The van der Waals surface area contributed by atoms with Gasteiger partial charge in [-0.2, -0.15) is 13.2 Å². The number of nitrogens with one attached hydrogen (secondary N) is 2. The first kappa shape index (κ1) is 12.5. The van der Waals surface area contributed by atoms with Crippen molar-refractivity contribution in [3.05, 3.63) is 35.5 Å². The van der Waals surface area contributed by atoms with Crippen LogP contribution in [0.25, 0.3) is 10.9 Å². The van der Waals surface area contributed by atoms with E-state index in [4.69, 9.17) is 0 Å². The topological polar surface area (TPSA) is 27.8 Å². The summed E-state index contributed by atoms with van der Waals surface area (Å²) in [5.74, 6) is 0. The number of aromatic amines is 1. The fourth-order valence-corrected chi connectivity index (χ4v) is 2.75. The lowest BCUT2D eigenvalue weighted by molar-refractivity contribution is -0.140. The van der Waals surface area contributed by atoms with Gasteiger partial charge in [0.25, 0.3) is 0 Å². The maximum absolute atomic E-state index is 12.8. The largest absolute Gasteiger partial charge is 0.431 e. The van der Waals surface area contributed by atoms with Crippen molar-refractivity contribution in [1.29, 1.82) is 0 Å². The molecule has 1 saturated heterocycles. The Bertz CT molecular complexity index is 580. The molecular formula is C14H15F3N2. The summed E-state index contributed by atoms with van der Waals surface area (Å²) in [5.41, 5.74) is 0.840. The van der Waals surface area contributed by atoms with Gasteiger partial charge in [-0.15, -0.1) is 0 Å². The summed E-state index contributed by atoms with van der Waals surface area (Å²) in [5, 5.41) is 4.06. The molecule has 0 spiro atoms. The van der Waals surface area contributed by atoms with E-state index < -0.39 is 11.9 Å². The Morgan fingerprint density at radius 3 is 2.68 bits per heavy atom. The van der Waals surface area contributed by atoms with Crippen molar-refractivity contribution in [3.8, 4) is 0 Å². The highest BCUT2D eigenvalue weighted by Crippen LogP contribution is 2.35. The molecule has 0 amide bonds. The highest BCUT2D eigenvalue weighted by Gasteiger charge is 2.33. The van der Waals surface area contributed by atoms with Crippen LogP contribution in [0.3, 0.4) is 0 Å². The van der Waals surface area contributed by atoms with Crippen molar-refractivity contribution >= 4 is 10.9 Å². The van der Waals surface area contributed by atoms with Crippen molar-refractivity contribution in [1.82, 2.24) is 10.3 Å². The summed E-state index contributed by atoms with van der Waals surface area (Å²) in [6.45, 7) is 0.928. The van der Waals surface area contributed by atoms with E-state index in [-0.39, 0.29) is 6.04 Å². The van der Waals surface area contributed by atoms with Crippen molar-refractivity contribution in [2.45, 2.75) is 31.5 Å². The third-order valence-electron chi connectivity index (χ3n) is 3.69. The van der Waals surface area contributed by atoms with Crippen LogP contribution in [0.4, 0.5) is 13.2 Å². The highest BCUT2D eigenvalue weighted by atomic mass is 19.4. The Morgan fingerprint density at radius 1 is 1.16 bits per heavy atom. The predicted molar refractivity (Wildman–Crippen MR) is 67.9 cm³/mol. The normalized spacial score (nSPS) is 20.9. The van der Waals surface area contributed by atoms with Crippen molar-refractivity contribution in [2.24, 2.45) is 0 Å². The van der Waals surface area contributed by atoms with E-state index in [1.54, 1.807) is 6.07 Å². The molecule has 0 bridgehead atoms. The van der Waals surface area contributed by atoms with E-state index in [9.17, 15) is 13.2 Å². The molecule has 1 aliphatic heterocycles. The molecule has 102 valence electrons. The lowest BCUT2D eigenvalue weighted by Crippen LogP contribution is -2.26. The molecule has 2 N–H and O–H groups in total. The van der Waals surface area contributed by atoms with E-state index in [0.29, 0.717) is 10.9 Å². The van der Waals surface area contributed by atoms with Gasteiger partial charge in [0.2, 0.25) is 0 Å². The fraction of sp³-hybridized carbons (Fsp3) is 0.429. The smallest absolute Gasteiger partial charge is 0.351 e.